The average molecular weight is 374 g/mol. The molecule has 0 saturated heterocycles. The first-order valence-electron chi connectivity index (χ1n) is 6.30. The third kappa shape index (κ3) is 3.00. The average Bonchev–Trinajstić information content (AvgIpc) is 2.43. The van der Waals surface area contributed by atoms with Gasteiger partial charge in [-0.05, 0) is 17.7 Å². The fourth-order valence-electron chi connectivity index (χ4n) is 2.43. The van der Waals surface area contributed by atoms with Crippen LogP contribution in [0.25, 0.3) is 0 Å². The van der Waals surface area contributed by atoms with E-state index in [0.29, 0.717) is 10.5 Å². The molecule has 2 N–H and O–H groups in total. The van der Waals surface area contributed by atoms with Gasteiger partial charge in [0.05, 0.1) is 4.90 Å². The first kappa shape index (κ1) is 16.4. The minimum atomic E-state index is -4.50. The molecule has 7 nitrogen and oxygen atoms in total. The molecule has 0 fully saturated rings. The molecule has 2 aliphatic rings. The number of hydrogen-bond donors (Lipinski definition) is 2. The van der Waals surface area contributed by atoms with Crippen LogP contribution in [0.3, 0.4) is 0 Å². The molecule has 1 aromatic carbocycles. The molecule has 0 aromatic heterocycles. The van der Waals surface area contributed by atoms with Crippen LogP contribution < -0.4 is 0 Å². The second-order valence-electron chi connectivity index (χ2n) is 5.00. The largest absolute Gasteiger partial charge is 0.295 e. The van der Waals surface area contributed by atoms with Gasteiger partial charge in [-0.25, -0.2) is 0 Å². The van der Waals surface area contributed by atoms with Crippen molar-refractivity contribution >= 4 is 37.8 Å². The van der Waals surface area contributed by atoms with Crippen molar-refractivity contribution in [3.63, 3.8) is 0 Å². The number of benzene rings is 1. The van der Waals surface area contributed by atoms with Gasteiger partial charge in [0.25, 0.3) is 20.2 Å². The highest BCUT2D eigenvalue weighted by atomic mass is 32.2. The van der Waals surface area contributed by atoms with Gasteiger partial charge in [0.2, 0.25) is 0 Å². The van der Waals surface area contributed by atoms with Gasteiger partial charge in [-0.1, -0.05) is 23.9 Å². The zero-order valence-electron chi connectivity index (χ0n) is 11.4. The van der Waals surface area contributed by atoms with E-state index < -0.39 is 20.2 Å². The number of Topliss-reactive ketones (excluding diaryl/α,β-unsaturated/α-hetero) is 1. The number of fused-ring (bicyclic) bond motifs is 1. The van der Waals surface area contributed by atoms with Crippen LogP contribution in [0.4, 0.5) is 0 Å². The molecule has 1 aliphatic carbocycles. The molecule has 0 spiro atoms. The van der Waals surface area contributed by atoms with E-state index in [4.69, 9.17) is 4.55 Å². The zero-order valence-corrected chi connectivity index (χ0v) is 13.8. The second-order valence-corrected chi connectivity index (χ2v) is 8.87. The normalized spacial score (nSPS) is 18.3. The van der Waals surface area contributed by atoms with Crippen molar-refractivity contribution in [2.45, 2.75) is 22.6 Å². The Morgan fingerprint density at radius 2 is 1.74 bits per heavy atom. The lowest BCUT2D eigenvalue weighted by Crippen LogP contribution is -2.19. The number of ketones is 1. The van der Waals surface area contributed by atoms with E-state index >= 15 is 0 Å². The van der Waals surface area contributed by atoms with Crippen molar-refractivity contribution < 1.29 is 30.7 Å². The third-order valence-corrected chi connectivity index (χ3v) is 6.68. The van der Waals surface area contributed by atoms with E-state index in [1.54, 1.807) is 0 Å². The van der Waals surface area contributed by atoms with Crippen LogP contribution in [0.1, 0.15) is 12.0 Å². The van der Waals surface area contributed by atoms with Gasteiger partial charge in [-0.3, -0.25) is 13.9 Å². The predicted molar refractivity (Wildman–Crippen MR) is 82.1 cm³/mol. The minimum Gasteiger partial charge on any atom is -0.294 e. The third-order valence-electron chi connectivity index (χ3n) is 3.50. The maximum absolute atomic E-state index is 12.0. The van der Waals surface area contributed by atoms with E-state index in [-0.39, 0.29) is 38.9 Å². The smallest absolute Gasteiger partial charge is 0.294 e. The molecule has 1 heterocycles. The Morgan fingerprint density at radius 3 is 2.35 bits per heavy atom. The monoisotopic (exact) mass is 374 g/mol. The van der Waals surface area contributed by atoms with Crippen LogP contribution in [0.5, 0.6) is 0 Å². The fourth-order valence-corrected chi connectivity index (χ4v) is 5.27. The quantitative estimate of drug-likeness (QED) is 0.747. The van der Waals surface area contributed by atoms with Gasteiger partial charge >= 0.3 is 0 Å². The molecule has 3 rings (SSSR count). The van der Waals surface area contributed by atoms with Crippen molar-refractivity contribution in [2.24, 2.45) is 0 Å². The van der Waals surface area contributed by atoms with Crippen molar-refractivity contribution in [2.75, 3.05) is 0 Å². The first-order valence-corrected chi connectivity index (χ1v) is 9.99. The van der Waals surface area contributed by atoms with Crippen molar-refractivity contribution in [3.05, 3.63) is 45.2 Å². The summed E-state index contributed by atoms with van der Waals surface area (Å²) in [5, 5.41) is 0. The Labute approximate surface area is 136 Å². The zero-order chi connectivity index (χ0) is 17.0. The highest BCUT2D eigenvalue weighted by Crippen LogP contribution is 2.46. The highest BCUT2D eigenvalue weighted by Gasteiger charge is 2.33. The van der Waals surface area contributed by atoms with Crippen molar-refractivity contribution in [1.29, 1.82) is 0 Å². The number of carbonyl (C=O) groups is 1. The van der Waals surface area contributed by atoms with E-state index in [0.717, 1.165) is 17.8 Å². The van der Waals surface area contributed by atoms with Gasteiger partial charge in [-0.15, -0.1) is 0 Å². The van der Waals surface area contributed by atoms with Crippen LogP contribution in [0.15, 0.2) is 49.4 Å². The van der Waals surface area contributed by atoms with E-state index in [2.05, 4.69) is 0 Å². The minimum absolute atomic E-state index is 0.101. The van der Waals surface area contributed by atoms with Crippen LogP contribution in [0.2, 0.25) is 0 Å². The van der Waals surface area contributed by atoms with Gasteiger partial charge in [0, 0.05) is 28.2 Å². The number of rotatable bonds is 2. The van der Waals surface area contributed by atoms with Crippen LogP contribution >= 0.6 is 11.8 Å². The molecule has 0 unspecified atom stereocenters. The van der Waals surface area contributed by atoms with Gasteiger partial charge in [0.15, 0.2) is 5.78 Å². The number of hydrogen-bond acceptors (Lipinski definition) is 6. The summed E-state index contributed by atoms with van der Waals surface area (Å²) in [6.45, 7) is 0. The summed E-state index contributed by atoms with van der Waals surface area (Å²) < 4.78 is 63.8. The lowest BCUT2D eigenvalue weighted by Gasteiger charge is -2.25. The summed E-state index contributed by atoms with van der Waals surface area (Å²) in [5.41, 5.74) is 0.920. The summed E-state index contributed by atoms with van der Waals surface area (Å²) >= 11 is 0.886. The van der Waals surface area contributed by atoms with Crippen molar-refractivity contribution in [1.82, 2.24) is 0 Å². The molecule has 0 amide bonds. The fraction of sp³-hybridized carbons (Fsp3) is 0.154. The van der Waals surface area contributed by atoms with Gasteiger partial charge in [0.1, 0.15) is 4.91 Å². The second kappa shape index (κ2) is 5.28. The lowest BCUT2D eigenvalue weighted by molar-refractivity contribution is -0.115. The van der Waals surface area contributed by atoms with Crippen LogP contribution in [-0.2, 0) is 31.5 Å². The molecule has 10 heteroatoms. The Kier molecular flexibility index (Phi) is 3.76. The van der Waals surface area contributed by atoms with Gasteiger partial charge in [-0.2, -0.15) is 16.8 Å². The van der Waals surface area contributed by atoms with Crippen molar-refractivity contribution in [3.8, 4) is 0 Å². The highest BCUT2D eigenvalue weighted by molar-refractivity contribution is 8.05. The topological polar surface area (TPSA) is 126 Å². The van der Waals surface area contributed by atoms with E-state index in [1.807, 2.05) is 0 Å². The maximum Gasteiger partial charge on any atom is 0.295 e. The molecule has 1 aromatic rings. The molecule has 0 saturated carbocycles. The molecule has 0 bridgehead atoms. The number of thioether (sulfide) groups is 1. The molecule has 0 atom stereocenters. The maximum atomic E-state index is 12.0. The summed E-state index contributed by atoms with van der Waals surface area (Å²) in [6.07, 6.45) is 1.16. The Balaban J connectivity index is 2.13. The summed E-state index contributed by atoms with van der Waals surface area (Å²) in [5.74, 6) is -0.246. The Bertz CT molecular complexity index is 998. The molecular formula is C13H10O7S3. The predicted octanol–water partition coefficient (Wildman–Crippen LogP) is 1.58. The summed E-state index contributed by atoms with van der Waals surface area (Å²) in [4.78, 5) is 11.8. The standard InChI is InChI=1S/C13H10O7S3/c14-10-3-4-12(23(18,19)20)13-9(10)5-7-1-2-8(22(15,16)17)6-11(7)21-13/h1-2,4,6H,3,5H2,(H,15,16,17)(H,18,19,20). The molecule has 122 valence electrons. The number of carbonyl (C=O) groups excluding carboxylic acids is 1. The SMILES string of the molecule is O=C1CC=C(S(=O)(=O)O)C2=C1Cc1ccc(S(=O)(=O)O)cc1S2. The Morgan fingerprint density at radius 1 is 1.04 bits per heavy atom. The van der Waals surface area contributed by atoms with Crippen LogP contribution in [-0.4, -0.2) is 31.7 Å². The molecular weight excluding hydrogens is 364 g/mol. The molecule has 23 heavy (non-hydrogen) atoms. The van der Waals surface area contributed by atoms with Gasteiger partial charge < -0.3 is 0 Å². The summed E-state index contributed by atoms with van der Waals surface area (Å²) in [7, 11) is -8.90. The van der Waals surface area contributed by atoms with E-state index in [1.165, 1.54) is 18.2 Å². The molecule has 1 aliphatic heterocycles. The summed E-state index contributed by atoms with van der Waals surface area (Å²) in [6, 6.07) is 3.89. The van der Waals surface area contributed by atoms with E-state index in [9.17, 15) is 26.2 Å². The van der Waals surface area contributed by atoms with Crippen LogP contribution in [0, 0.1) is 0 Å². The first-order chi connectivity index (χ1) is 10.6. The lowest BCUT2D eigenvalue weighted by atomic mass is 9.95. The number of allylic oxidation sites excluding steroid dienone is 2. The molecule has 0 radical (unpaired) electrons. The Hall–Kier alpha value is -1.46.